The summed E-state index contributed by atoms with van der Waals surface area (Å²) in [5, 5.41) is 9.23. The lowest BCUT2D eigenvalue weighted by molar-refractivity contribution is -0.141. The Morgan fingerprint density at radius 2 is 2.27 bits per heavy atom. The first kappa shape index (κ1) is 8.91. The van der Waals surface area contributed by atoms with Gasteiger partial charge in [-0.05, 0) is 12.3 Å². The Hall–Kier alpha value is -0.180. The molecule has 2 nitrogen and oxygen atoms in total. The normalized spacial score (nSPS) is 25.2. The molecule has 1 fully saturated rings. The minimum absolute atomic E-state index is 0.0972. The zero-order chi connectivity index (χ0) is 8.43. The van der Waals surface area contributed by atoms with Crippen molar-refractivity contribution < 1.29 is 9.90 Å². The van der Waals surface area contributed by atoms with Crippen LogP contribution < -0.4 is 0 Å². The molecule has 1 N–H and O–H groups in total. The quantitative estimate of drug-likeness (QED) is 0.661. The molecule has 0 spiro atoms. The van der Waals surface area contributed by atoms with E-state index in [1.807, 2.05) is 0 Å². The monoisotopic (exact) mass is 174 g/mol. The van der Waals surface area contributed by atoms with E-state index in [4.69, 9.17) is 5.11 Å². The fourth-order valence-corrected chi connectivity index (χ4v) is 2.01. The topological polar surface area (TPSA) is 37.3 Å². The van der Waals surface area contributed by atoms with E-state index < -0.39 is 5.97 Å². The van der Waals surface area contributed by atoms with E-state index in [9.17, 15) is 4.79 Å². The summed E-state index contributed by atoms with van der Waals surface area (Å²) in [6, 6.07) is 0. The zero-order valence-corrected chi connectivity index (χ0v) is 7.73. The zero-order valence-electron chi connectivity index (χ0n) is 6.91. The number of aliphatic carboxylic acids is 1. The number of carboxylic acid groups (broad SMARTS) is 1. The van der Waals surface area contributed by atoms with Crippen molar-refractivity contribution in [2.24, 2.45) is 11.8 Å². The maximum atomic E-state index is 10.7. The highest BCUT2D eigenvalue weighted by molar-refractivity contribution is 8.06. The van der Waals surface area contributed by atoms with Gasteiger partial charge in [0.1, 0.15) is 0 Å². The van der Waals surface area contributed by atoms with Crippen LogP contribution in [0.3, 0.4) is 0 Å². The molecule has 1 heterocycles. The molecule has 1 saturated heterocycles. The first-order valence-corrected chi connectivity index (χ1v) is 5.00. The van der Waals surface area contributed by atoms with E-state index in [0.29, 0.717) is 11.2 Å². The van der Waals surface area contributed by atoms with Gasteiger partial charge < -0.3 is 5.11 Å². The lowest BCUT2D eigenvalue weighted by atomic mass is 9.95. The summed E-state index contributed by atoms with van der Waals surface area (Å²) in [6.45, 7) is 4.14. The molecule has 0 radical (unpaired) electrons. The van der Waals surface area contributed by atoms with E-state index >= 15 is 0 Å². The largest absolute Gasteiger partial charge is 0.481 e. The van der Waals surface area contributed by atoms with Crippen LogP contribution >= 0.6 is 11.8 Å². The van der Waals surface area contributed by atoms with Gasteiger partial charge in [-0.15, -0.1) is 0 Å². The second-order valence-electron chi connectivity index (χ2n) is 3.45. The van der Waals surface area contributed by atoms with Gasteiger partial charge in [-0.2, -0.15) is 11.8 Å². The first-order valence-electron chi connectivity index (χ1n) is 3.95. The lowest BCUT2D eigenvalue weighted by Gasteiger charge is -2.11. The van der Waals surface area contributed by atoms with Crippen molar-refractivity contribution >= 4 is 17.7 Å². The molecule has 0 aromatic rings. The molecule has 0 amide bonds. The van der Waals surface area contributed by atoms with Crippen LogP contribution in [0.5, 0.6) is 0 Å². The Labute approximate surface area is 71.4 Å². The molecule has 2 atom stereocenters. The van der Waals surface area contributed by atoms with Gasteiger partial charge in [-0.25, -0.2) is 0 Å². The van der Waals surface area contributed by atoms with E-state index in [1.165, 1.54) is 0 Å². The van der Waals surface area contributed by atoms with Gasteiger partial charge >= 0.3 is 5.97 Å². The van der Waals surface area contributed by atoms with E-state index in [-0.39, 0.29) is 5.92 Å². The van der Waals surface area contributed by atoms with Gasteiger partial charge in [0.2, 0.25) is 0 Å². The standard InChI is InChI=1S/C8H14O2S/c1-5(2)3-6(8(9)10)7-4-11-7/h5-7H,3-4H2,1-2H3,(H,9,10)/t6-,7-/m0/s1. The van der Waals surface area contributed by atoms with Crippen LogP contribution in [0.15, 0.2) is 0 Å². The predicted octanol–water partition coefficient (Wildman–Crippen LogP) is 1.85. The van der Waals surface area contributed by atoms with Crippen molar-refractivity contribution in [1.82, 2.24) is 0 Å². The summed E-state index contributed by atoms with van der Waals surface area (Å²) in [5.41, 5.74) is 0. The molecule has 0 aliphatic carbocycles. The Bertz CT molecular complexity index is 152. The second kappa shape index (κ2) is 3.48. The highest BCUT2D eigenvalue weighted by Crippen LogP contribution is 2.39. The Balaban J connectivity index is 2.38. The number of thioether (sulfide) groups is 1. The predicted molar refractivity (Wildman–Crippen MR) is 46.8 cm³/mol. The van der Waals surface area contributed by atoms with Crippen LogP contribution in [0.1, 0.15) is 20.3 Å². The van der Waals surface area contributed by atoms with Crippen LogP contribution in [0.25, 0.3) is 0 Å². The van der Waals surface area contributed by atoms with E-state index in [1.54, 1.807) is 11.8 Å². The number of carboxylic acids is 1. The molecule has 64 valence electrons. The van der Waals surface area contributed by atoms with E-state index in [0.717, 1.165) is 12.2 Å². The van der Waals surface area contributed by atoms with Crippen molar-refractivity contribution in [2.45, 2.75) is 25.5 Å². The third-order valence-electron chi connectivity index (χ3n) is 1.85. The third-order valence-corrected chi connectivity index (χ3v) is 2.90. The second-order valence-corrected chi connectivity index (χ2v) is 4.72. The smallest absolute Gasteiger partial charge is 0.307 e. The molecule has 1 aliphatic rings. The summed E-state index contributed by atoms with van der Waals surface area (Å²) < 4.78 is 0. The molecule has 1 aliphatic heterocycles. The van der Waals surface area contributed by atoms with Crippen molar-refractivity contribution in [3.63, 3.8) is 0 Å². The van der Waals surface area contributed by atoms with E-state index in [2.05, 4.69) is 13.8 Å². The maximum Gasteiger partial charge on any atom is 0.307 e. The minimum Gasteiger partial charge on any atom is -0.481 e. The minimum atomic E-state index is -0.617. The molecule has 11 heavy (non-hydrogen) atoms. The lowest BCUT2D eigenvalue weighted by Crippen LogP contribution is -2.20. The molecule has 1 rings (SSSR count). The summed E-state index contributed by atoms with van der Waals surface area (Å²) >= 11 is 1.77. The molecule has 0 saturated carbocycles. The van der Waals surface area contributed by atoms with Gasteiger partial charge in [0.25, 0.3) is 0 Å². The van der Waals surface area contributed by atoms with Gasteiger partial charge in [-0.3, -0.25) is 4.79 Å². The highest BCUT2D eigenvalue weighted by atomic mass is 32.2. The van der Waals surface area contributed by atoms with Crippen LogP contribution in [0, 0.1) is 11.8 Å². The molecule has 0 bridgehead atoms. The average Bonchev–Trinajstić information content (AvgIpc) is 2.63. The Kier molecular flexibility index (Phi) is 2.82. The fraction of sp³-hybridized carbons (Fsp3) is 0.875. The van der Waals surface area contributed by atoms with Crippen molar-refractivity contribution in [2.75, 3.05) is 5.75 Å². The molecule has 0 unspecified atom stereocenters. The van der Waals surface area contributed by atoms with Gasteiger partial charge in [0, 0.05) is 11.0 Å². The summed E-state index contributed by atoms with van der Waals surface area (Å²) in [5.74, 6) is 0.829. The van der Waals surface area contributed by atoms with Crippen LogP contribution in [0.4, 0.5) is 0 Å². The van der Waals surface area contributed by atoms with Crippen LogP contribution in [0.2, 0.25) is 0 Å². The molecule has 3 heteroatoms. The molecular formula is C8H14O2S. The van der Waals surface area contributed by atoms with Gasteiger partial charge in [0.15, 0.2) is 0 Å². The van der Waals surface area contributed by atoms with Crippen LogP contribution in [-0.4, -0.2) is 22.1 Å². The SMILES string of the molecule is CC(C)C[C@H](C(=O)O)[C@@H]1CS1. The third kappa shape index (κ3) is 2.73. The van der Waals surface area contributed by atoms with Crippen molar-refractivity contribution in [1.29, 1.82) is 0 Å². The summed E-state index contributed by atoms with van der Waals surface area (Å²) in [6.07, 6.45) is 0.826. The number of rotatable bonds is 4. The number of carbonyl (C=O) groups is 1. The Morgan fingerprint density at radius 1 is 1.73 bits per heavy atom. The molecule has 0 aromatic heterocycles. The molecular weight excluding hydrogens is 160 g/mol. The number of hydrogen-bond acceptors (Lipinski definition) is 2. The van der Waals surface area contributed by atoms with Gasteiger partial charge in [-0.1, -0.05) is 13.8 Å². The van der Waals surface area contributed by atoms with Gasteiger partial charge in [0.05, 0.1) is 5.92 Å². The fourth-order valence-electron chi connectivity index (χ4n) is 1.21. The van der Waals surface area contributed by atoms with Crippen molar-refractivity contribution in [3.05, 3.63) is 0 Å². The summed E-state index contributed by atoms with van der Waals surface area (Å²) in [7, 11) is 0. The average molecular weight is 174 g/mol. The summed E-state index contributed by atoms with van der Waals surface area (Å²) in [4.78, 5) is 10.7. The number of hydrogen-bond donors (Lipinski definition) is 1. The Morgan fingerprint density at radius 3 is 2.55 bits per heavy atom. The van der Waals surface area contributed by atoms with Crippen molar-refractivity contribution in [3.8, 4) is 0 Å². The first-order chi connectivity index (χ1) is 5.11. The van der Waals surface area contributed by atoms with Crippen LogP contribution in [-0.2, 0) is 4.79 Å². The maximum absolute atomic E-state index is 10.7. The molecule has 0 aromatic carbocycles. The highest BCUT2D eigenvalue weighted by Gasteiger charge is 2.37.